The number of fused-ring (bicyclic) bond motifs is 1. The molecule has 180 valence electrons. The first kappa shape index (κ1) is 23.3. The molecule has 0 saturated heterocycles. The molecule has 1 aliphatic rings. The van der Waals surface area contributed by atoms with Crippen molar-refractivity contribution in [3.05, 3.63) is 119 Å². The van der Waals surface area contributed by atoms with E-state index in [1.165, 1.54) is 17.0 Å². The van der Waals surface area contributed by atoms with Crippen molar-refractivity contribution in [3.63, 3.8) is 0 Å². The van der Waals surface area contributed by atoms with Crippen LogP contribution in [0.4, 0.5) is 17.1 Å². The first-order chi connectivity index (χ1) is 17.3. The molecule has 2 amide bonds. The number of carbonyl (C=O) groups excluding carboxylic acids is 2. The summed E-state index contributed by atoms with van der Waals surface area (Å²) in [4.78, 5) is 26.5. The molecule has 7 nitrogen and oxygen atoms in total. The second kappa shape index (κ2) is 9.31. The van der Waals surface area contributed by atoms with E-state index in [9.17, 15) is 18.0 Å². The number of amides is 2. The summed E-state index contributed by atoms with van der Waals surface area (Å²) in [7, 11) is -3.88. The Balaban J connectivity index is 1.32. The van der Waals surface area contributed by atoms with E-state index in [0.29, 0.717) is 28.1 Å². The lowest BCUT2D eigenvalue weighted by molar-refractivity contribution is 0.0642. The zero-order chi connectivity index (χ0) is 25.3. The number of anilines is 3. The topological polar surface area (TPSA) is 95.6 Å². The molecule has 2 N–H and O–H groups in total. The number of aryl methyl sites for hydroxylation is 1. The minimum Gasteiger partial charge on any atom is -0.354 e. The largest absolute Gasteiger partial charge is 0.354 e. The van der Waals surface area contributed by atoms with Crippen molar-refractivity contribution in [1.82, 2.24) is 4.90 Å². The zero-order valence-electron chi connectivity index (χ0n) is 19.4. The Bertz CT molecular complexity index is 1530. The Labute approximate surface area is 209 Å². The van der Waals surface area contributed by atoms with Crippen LogP contribution in [0.3, 0.4) is 0 Å². The van der Waals surface area contributed by atoms with Crippen molar-refractivity contribution in [2.24, 2.45) is 0 Å². The summed E-state index contributed by atoms with van der Waals surface area (Å²) in [5.74, 6) is -0.710. The van der Waals surface area contributed by atoms with Gasteiger partial charge in [0.1, 0.15) is 0 Å². The first-order valence-electron chi connectivity index (χ1n) is 11.3. The van der Waals surface area contributed by atoms with Crippen molar-refractivity contribution in [2.75, 3.05) is 10.0 Å². The molecule has 0 bridgehead atoms. The van der Waals surface area contributed by atoms with Crippen LogP contribution in [0, 0.1) is 6.92 Å². The molecule has 0 unspecified atom stereocenters. The van der Waals surface area contributed by atoms with Gasteiger partial charge in [-0.25, -0.2) is 8.42 Å². The first-order valence-corrected chi connectivity index (χ1v) is 12.8. The molecule has 8 heteroatoms. The molecule has 1 aliphatic heterocycles. The van der Waals surface area contributed by atoms with Gasteiger partial charge in [0.2, 0.25) is 0 Å². The number of para-hydroxylation sites is 2. The zero-order valence-corrected chi connectivity index (χ0v) is 20.2. The van der Waals surface area contributed by atoms with Gasteiger partial charge in [0, 0.05) is 5.69 Å². The molecule has 0 aromatic heterocycles. The fraction of sp³-hybridized carbons (Fsp3) is 0.0714. The van der Waals surface area contributed by atoms with Crippen LogP contribution in [-0.4, -0.2) is 25.1 Å². The monoisotopic (exact) mass is 497 g/mol. The summed E-state index contributed by atoms with van der Waals surface area (Å²) in [6.45, 7) is 2.06. The highest BCUT2D eigenvalue weighted by Crippen LogP contribution is 2.28. The van der Waals surface area contributed by atoms with Gasteiger partial charge in [-0.1, -0.05) is 54.1 Å². The van der Waals surface area contributed by atoms with E-state index >= 15 is 0 Å². The maximum Gasteiger partial charge on any atom is 0.261 e. The van der Waals surface area contributed by atoms with Crippen molar-refractivity contribution in [1.29, 1.82) is 0 Å². The van der Waals surface area contributed by atoms with E-state index in [4.69, 9.17) is 0 Å². The van der Waals surface area contributed by atoms with Gasteiger partial charge < -0.3 is 5.32 Å². The van der Waals surface area contributed by atoms with Crippen molar-refractivity contribution >= 4 is 38.9 Å². The lowest BCUT2D eigenvalue weighted by Crippen LogP contribution is -2.29. The summed E-state index contributed by atoms with van der Waals surface area (Å²) in [5, 5.41) is 3.24. The Morgan fingerprint density at radius 3 is 1.86 bits per heavy atom. The fourth-order valence-electron chi connectivity index (χ4n) is 4.02. The molecule has 0 spiro atoms. The number of benzene rings is 4. The predicted octanol–water partition coefficient (Wildman–Crippen LogP) is 5.34. The van der Waals surface area contributed by atoms with E-state index in [2.05, 4.69) is 10.0 Å². The molecule has 0 saturated carbocycles. The summed E-state index contributed by atoms with van der Waals surface area (Å²) in [5.41, 5.74) is 4.39. The summed E-state index contributed by atoms with van der Waals surface area (Å²) in [6, 6.07) is 27.7. The molecular formula is C28H23N3O4S. The third kappa shape index (κ3) is 4.58. The number of sulfonamides is 1. The number of carbonyl (C=O) groups is 2. The Kier molecular flexibility index (Phi) is 6.03. The molecule has 36 heavy (non-hydrogen) atoms. The molecule has 0 atom stereocenters. The predicted molar refractivity (Wildman–Crippen MR) is 139 cm³/mol. The van der Waals surface area contributed by atoms with E-state index < -0.39 is 10.0 Å². The van der Waals surface area contributed by atoms with Crippen molar-refractivity contribution in [2.45, 2.75) is 18.4 Å². The summed E-state index contributed by atoms with van der Waals surface area (Å²) in [6.07, 6.45) is 0. The summed E-state index contributed by atoms with van der Waals surface area (Å²) >= 11 is 0. The Morgan fingerprint density at radius 2 is 1.25 bits per heavy atom. The minimum atomic E-state index is -3.88. The van der Waals surface area contributed by atoms with Gasteiger partial charge in [-0.15, -0.1) is 0 Å². The molecule has 1 heterocycles. The Morgan fingerprint density at radius 1 is 0.694 bits per heavy atom. The highest BCUT2D eigenvalue weighted by atomic mass is 32.2. The maximum absolute atomic E-state index is 13.1. The van der Waals surface area contributed by atoms with E-state index in [1.807, 2.05) is 37.3 Å². The van der Waals surface area contributed by atoms with Crippen LogP contribution in [0.15, 0.2) is 102 Å². The van der Waals surface area contributed by atoms with Crippen molar-refractivity contribution < 1.29 is 18.0 Å². The van der Waals surface area contributed by atoms with Gasteiger partial charge in [0.05, 0.1) is 33.9 Å². The number of hydrogen-bond donors (Lipinski definition) is 2. The lowest BCUT2D eigenvalue weighted by Gasteiger charge is -2.16. The smallest absolute Gasteiger partial charge is 0.261 e. The van der Waals surface area contributed by atoms with Gasteiger partial charge in [-0.3, -0.25) is 19.2 Å². The van der Waals surface area contributed by atoms with Crippen LogP contribution < -0.4 is 10.0 Å². The van der Waals surface area contributed by atoms with Gasteiger partial charge in [-0.05, 0) is 61.0 Å². The lowest BCUT2D eigenvalue weighted by atomic mass is 10.1. The fourth-order valence-corrected chi connectivity index (χ4v) is 5.10. The van der Waals surface area contributed by atoms with E-state index in [1.54, 1.807) is 54.6 Å². The Hall–Kier alpha value is -4.43. The van der Waals surface area contributed by atoms with Crippen molar-refractivity contribution in [3.8, 4) is 0 Å². The van der Waals surface area contributed by atoms with Crippen LogP contribution in [0.25, 0.3) is 0 Å². The molecule has 5 rings (SSSR count). The normalized spacial score (nSPS) is 13.0. The molecule has 4 aromatic carbocycles. The van der Waals surface area contributed by atoms with Crippen LogP contribution in [0.1, 0.15) is 31.8 Å². The van der Waals surface area contributed by atoms with Gasteiger partial charge in [0.15, 0.2) is 0 Å². The number of imide groups is 1. The molecule has 4 aromatic rings. The number of rotatable bonds is 7. The highest BCUT2D eigenvalue weighted by Gasteiger charge is 2.35. The van der Waals surface area contributed by atoms with Gasteiger partial charge >= 0.3 is 0 Å². The quantitative estimate of drug-likeness (QED) is 0.336. The molecular weight excluding hydrogens is 474 g/mol. The number of hydrogen-bond acceptors (Lipinski definition) is 5. The third-order valence-electron chi connectivity index (χ3n) is 5.95. The van der Waals surface area contributed by atoms with Crippen LogP contribution in [-0.2, 0) is 16.6 Å². The van der Waals surface area contributed by atoms with Gasteiger partial charge in [0.25, 0.3) is 21.8 Å². The average molecular weight is 498 g/mol. The van der Waals surface area contributed by atoms with Crippen LogP contribution >= 0.6 is 0 Å². The summed E-state index contributed by atoms with van der Waals surface area (Å²) < 4.78 is 28.8. The SMILES string of the molecule is Cc1ccc(Nc2ccccc2NS(=O)(=O)c2ccc(CN3C(=O)c4ccccc4C3=O)cc2)cc1. The standard InChI is InChI=1S/C28H23N3O4S/c1-19-10-14-21(15-11-19)29-25-8-4-5-9-26(25)30-36(34,35)22-16-12-20(13-17-22)18-31-27(32)23-6-2-3-7-24(23)28(31)33/h2-17,29-30H,18H2,1H3. The number of nitrogens with one attached hydrogen (secondary N) is 2. The highest BCUT2D eigenvalue weighted by molar-refractivity contribution is 7.92. The maximum atomic E-state index is 13.1. The third-order valence-corrected chi connectivity index (χ3v) is 7.34. The molecule has 0 radical (unpaired) electrons. The van der Waals surface area contributed by atoms with E-state index in [0.717, 1.165) is 11.3 Å². The van der Waals surface area contributed by atoms with Gasteiger partial charge in [-0.2, -0.15) is 0 Å². The molecule has 0 fully saturated rings. The minimum absolute atomic E-state index is 0.0589. The van der Waals surface area contributed by atoms with E-state index in [-0.39, 0.29) is 23.3 Å². The second-order valence-electron chi connectivity index (χ2n) is 8.53. The van der Waals surface area contributed by atoms with Crippen LogP contribution in [0.5, 0.6) is 0 Å². The van der Waals surface area contributed by atoms with Crippen LogP contribution in [0.2, 0.25) is 0 Å². The molecule has 0 aliphatic carbocycles. The second-order valence-corrected chi connectivity index (χ2v) is 10.2. The number of nitrogens with zero attached hydrogens (tertiary/aromatic N) is 1. The average Bonchev–Trinajstić information content (AvgIpc) is 3.12.